The molecule has 1 fully saturated rings. The molecule has 0 heterocycles. The van der Waals surface area contributed by atoms with Crippen molar-refractivity contribution in [3.8, 4) is 5.75 Å². The Balaban J connectivity index is 1.76. The minimum Gasteiger partial charge on any atom is -0.497 e. The molecule has 0 unspecified atom stereocenters. The van der Waals surface area contributed by atoms with E-state index in [1.807, 2.05) is 31.2 Å². The molecule has 0 aliphatic heterocycles. The van der Waals surface area contributed by atoms with Gasteiger partial charge in [-0.3, -0.25) is 13.9 Å². The molecule has 0 aromatic heterocycles. The molecule has 3 rings (SSSR count). The van der Waals surface area contributed by atoms with Crippen LogP contribution >= 0.6 is 0 Å². The SMILES string of the molecule is CC[C@@H](C(=O)NC1CCCCC1)N(Cc1cccc(OC)c1)C(=O)CCCN(c1ccc(F)cc1)S(C)(=O)=O. The Bertz CT molecular complexity index is 1200. The Kier molecular flexibility index (Phi) is 11.2. The normalized spacial score (nSPS) is 14.9. The number of halogens is 1. The summed E-state index contributed by atoms with van der Waals surface area (Å²) in [5.74, 6) is -0.212. The number of nitrogens with one attached hydrogen (secondary N) is 1. The Hall–Kier alpha value is -3.14. The highest BCUT2D eigenvalue weighted by atomic mass is 32.2. The number of carbonyl (C=O) groups is 2. The van der Waals surface area contributed by atoms with E-state index in [0.717, 1.165) is 37.5 Å². The molecule has 39 heavy (non-hydrogen) atoms. The molecule has 2 aromatic rings. The zero-order valence-electron chi connectivity index (χ0n) is 23.1. The van der Waals surface area contributed by atoms with Crippen molar-refractivity contribution in [2.45, 2.75) is 76.9 Å². The summed E-state index contributed by atoms with van der Waals surface area (Å²) in [5, 5.41) is 3.16. The summed E-state index contributed by atoms with van der Waals surface area (Å²) in [6, 6.07) is 12.0. The Morgan fingerprint density at radius 1 is 1.10 bits per heavy atom. The van der Waals surface area contributed by atoms with Crippen LogP contribution in [0.5, 0.6) is 5.75 Å². The third-order valence-electron chi connectivity index (χ3n) is 7.09. The number of hydrogen-bond donors (Lipinski definition) is 1. The van der Waals surface area contributed by atoms with Crippen molar-refractivity contribution >= 4 is 27.5 Å². The smallest absolute Gasteiger partial charge is 0.243 e. The van der Waals surface area contributed by atoms with Gasteiger partial charge in [-0.15, -0.1) is 0 Å². The van der Waals surface area contributed by atoms with Gasteiger partial charge in [0, 0.05) is 25.6 Å². The predicted molar refractivity (Wildman–Crippen MR) is 150 cm³/mol. The maximum absolute atomic E-state index is 13.6. The van der Waals surface area contributed by atoms with Gasteiger partial charge in [0.25, 0.3) is 0 Å². The Labute approximate surface area is 231 Å². The van der Waals surface area contributed by atoms with E-state index in [4.69, 9.17) is 4.74 Å². The predicted octanol–water partition coefficient (Wildman–Crippen LogP) is 4.64. The number of hydrogen-bond acceptors (Lipinski definition) is 5. The molecule has 1 atom stereocenters. The molecule has 1 aliphatic rings. The summed E-state index contributed by atoms with van der Waals surface area (Å²) < 4.78 is 44.8. The van der Waals surface area contributed by atoms with E-state index < -0.39 is 21.9 Å². The van der Waals surface area contributed by atoms with Gasteiger partial charge in [0.15, 0.2) is 0 Å². The van der Waals surface area contributed by atoms with Crippen LogP contribution in [-0.4, -0.2) is 57.1 Å². The summed E-state index contributed by atoms with van der Waals surface area (Å²) in [6.07, 6.45) is 7.02. The van der Waals surface area contributed by atoms with E-state index in [1.54, 1.807) is 12.0 Å². The highest BCUT2D eigenvalue weighted by Gasteiger charge is 2.30. The maximum Gasteiger partial charge on any atom is 0.243 e. The molecule has 1 saturated carbocycles. The molecule has 0 saturated heterocycles. The van der Waals surface area contributed by atoms with Crippen LogP contribution in [0.2, 0.25) is 0 Å². The third kappa shape index (κ3) is 8.95. The fourth-order valence-corrected chi connectivity index (χ4v) is 6.01. The first-order chi connectivity index (χ1) is 18.6. The van der Waals surface area contributed by atoms with E-state index >= 15 is 0 Å². The van der Waals surface area contributed by atoms with Crippen LogP contribution in [0, 0.1) is 5.82 Å². The van der Waals surface area contributed by atoms with Gasteiger partial charge >= 0.3 is 0 Å². The van der Waals surface area contributed by atoms with Gasteiger partial charge in [-0.2, -0.15) is 0 Å². The Morgan fingerprint density at radius 2 is 1.79 bits per heavy atom. The van der Waals surface area contributed by atoms with Gasteiger partial charge in [-0.1, -0.05) is 38.3 Å². The molecule has 2 amide bonds. The monoisotopic (exact) mass is 561 g/mol. The van der Waals surface area contributed by atoms with Gasteiger partial charge in [0.05, 0.1) is 19.1 Å². The standard InChI is InChI=1S/C29H40FN3O5S/c1-4-27(29(35)31-24-11-6-5-7-12-24)32(21-22-10-8-13-26(20-22)38-2)28(34)14-9-19-33(39(3,36)37)25-17-15-23(30)16-18-25/h8,10,13,15-18,20,24,27H,4-7,9,11-12,14,19,21H2,1-3H3,(H,31,35)/t27-/m0/s1. The lowest BCUT2D eigenvalue weighted by Gasteiger charge is -2.33. The van der Waals surface area contributed by atoms with Crippen molar-refractivity contribution in [1.82, 2.24) is 10.2 Å². The number of rotatable bonds is 13. The van der Waals surface area contributed by atoms with Crippen molar-refractivity contribution in [1.29, 1.82) is 0 Å². The number of anilines is 1. The molecule has 0 bridgehead atoms. The number of ether oxygens (including phenoxy) is 1. The van der Waals surface area contributed by atoms with Crippen LogP contribution in [0.1, 0.15) is 63.9 Å². The van der Waals surface area contributed by atoms with Crippen LogP contribution in [-0.2, 0) is 26.2 Å². The molecule has 0 radical (unpaired) electrons. The fourth-order valence-electron chi connectivity index (χ4n) is 5.04. The first kappa shape index (κ1) is 30.4. The van der Waals surface area contributed by atoms with Crippen LogP contribution in [0.15, 0.2) is 48.5 Å². The first-order valence-electron chi connectivity index (χ1n) is 13.6. The number of benzene rings is 2. The van der Waals surface area contributed by atoms with Crippen molar-refractivity contribution in [3.05, 3.63) is 59.9 Å². The van der Waals surface area contributed by atoms with Crippen molar-refractivity contribution in [2.24, 2.45) is 0 Å². The molecule has 1 N–H and O–H groups in total. The quantitative estimate of drug-likeness (QED) is 0.385. The highest BCUT2D eigenvalue weighted by Crippen LogP contribution is 2.22. The van der Waals surface area contributed by atoms with Gasteiger partial charge in [-0.25, -0.2) is 12.8 Å². The minimum absolute atomic E-state index is 0.0460. The van der Waals surface area contributed by atoms with E-state index in [9.17, 15) is 22.4 Å². The molecular weight excluding hydrogens is 521 g/mol. The average Bonchev–Trinajstić information content (AvgIpc) is 2.91. The maximum atomic E-state index is 13.6. The molecule has 2 aromatic carbocycles. The minimum atomic E-state index is -3.65. The number of sulfonamides is 1. The highest BCUT2D eigenvalue weighted by molar-refractivity contribution is 7.92. The van der Waals surface area contributed by atoms with Gasteiger partial charge < -0.3 is 15.0 Å². The second-order valence-electron chi connectivity index (χ2n) is 10.1. The molecular formula is C29H40FN3O5S. The molecule has 10 heteroatoms. The van der Waals surface area contributed by atoms with Crippen molar-refractivity contribution in [2.75, 3.05) is 24.2 Å². The largest absolute Gasteiger partial charge is 0.497 e. The molecule has 8 nitrogen and oxygen atoms in total. The lowest BCUT2D eigenvalue weighted by atomic mass is 9.95. The summed E-state index contributed by atoms with van der Waals surface area (Å²) >= 11 is 0. The topological polar surface area (TPSA) is 96.0 Å². The van der Waals surface area contributed by atoms with Crippen LogP contribution in [0.4, 0.5) is 10.1 Å². The number of amides is 2. The van der Waals surface area contributed by atoms with Crippen LogP contribution < -0.4 is 14.4 Å². The van der Waals surface area contributed by atoms with Crippen LogP contribution in [0.25, 0.3) is 0 Å². The van der Waals surface area contributed by atoms with Crippen molar-refractivity contribution in [3.63, 3.8) is 0 Å². The molecule has 0 spiro atoms. The van der Waals surface area contributed by atoms with Crippen LogP contribution in [0.3, 0.4) is 0 Å². The second kappa shape index (κ2) is 14.3. The van der Waals surface area contributed by atoms with E-state index in [0.29, 0.717) is 17.9 Å². The number of nitrogens with zero attached hydrogens (tertiary/aromatic N) is 2. The first-order valence-corrected chi connectivity index (χ1v) is 15.4. The van der Waals surface area contributed by atoms with Gasteiger partial charge in [-0.05, 0) is 67.6 Å². The van der Waals surface area contributed by atoms with Gasteiger partial charge in [0.2, 0.25) is 21.8 Å². The molecule has 1 aliphatic carbocycles. The van der Waals surface area contributed by atoms with Crippen molar-refractivity contribution < 1.29 is 27.1 Å². The number of methoxy groups -OCH3 is 1. The average molecular weight is 562 g/mol. The Morgan fingerprint density at radius 3 is 2.41 bits per heavy atom. The van der Waals surface area contributed by atoms with Gasteiger partial charge in [0.1, 0.15) is 17.6 Å². The summed E-state index contributed by atoms with van der Waals surface area (Å²) in [6.45, 7) is 2.16. The van der Waals surface area contributed by atoms with E-state index in [2.05, 4.69) is 5.32 Å². The lowest BCUT2D eigenvalue weighted by Crippen LogP contribution is -2.51. The summed E-state index contributed by atoms with van der Waals surface area (Å²) in [4.78, 5) is 28.6. The van der Waals surface area contributed by atoms with E-state index in [-0.39, 0.29) is 43.8 Å². The summed E-state index contributed by atoms with van der Waals surface area (Å²) in [7, 11) is -2.08. The zero-order valence-corrected chi connectivity index (χ0v) is 23.9. The molecule has 214 valence electrons. The number of carbonyl (C=O) groups excluding carboxylic acids is 2. The third-order valence-corrected chi connectivity index (χ3v) is 8.29. The van der Waals surface area contributed by atoms with E-state index in [1.165, 1.54) is 35.0 Å². The zero-order chi connectivity index (χ0) is 28.4. The summed E-state index contributed by atoms with van der Waals surface area (Å²) in [5.41, 5.74) is 1.16. The lowest BCUT2D eigenvalue weighted by molar-refractivity contribution is -0.141. The second-order valence-corrected chi connectivity index (χ2v) is 12.0. The fraction of sp³-hybridized carbons (Fsp3) is 0.517.